The molecule has 20 heavy (non-hydrogen) atoms. The van der Waals surface area contributed by atoms with Crippen LogP contribution in [0.3, 0.4) is 0 Å². The summed E-state index contributed by atoms with van der Waals surface area (Å²) in [5.74, 6) is -0.777. The molecular weight excluding hydrogens is 260 g/mol. The van der Waals surface area contributed by atoms with Crippen molar-refractivity contribution in [3.05, 3.63) is 12.2 Å². The number of allylic oxidation sites excluding steroid dienone is 1. The van der Waals surface area contributed by atoms with Crippen molar-refractivity contribution in [2.75, 3.05) is 13.2 Å². The minimum atomic E-state index is -1.79. The average molecular weight is 282 g/mol. The van der Waals surface area contributed by atoms with E-state index in [0.29, 0.717) is 6.42 Å². The number of aliphatic hydroxyl groups is 3. The largest absolute Gasteiger partial charge is 0.459 e. The van der Waals surface area contributed by atoms with Crippen LogP contribution in [0, 0.1) is 23.7 Å². The third-order valence-corrected chi connectivity index (χ3v) is 5.62. The molecule has 3 N–H and O–H groups in total. The third-order valence-electron chi connectivity index (χ3n) is 5.62. The molecule has 1 aliphatic heterocycles. The molecule has 0 aromatic carbocycles. The third kappa shape index (κ3) is 1.76. The summed E-state index contributed by atoms with van der Waals surface area (Å²) >= 11 is 0. The van der Waals surface area contributed by atoms with Gasteiger partial charge in [0.15, 0.2) is 5.60 Å². The quantitative estimate of drug-likeness (QED) is 0.499. The second-order valence-corrected chi connectivity index (χ2v) is 6.46. The number of hydrogen-bond donors (Lipinski definition) is 3. The van der Waals surface area contributed by atoms with Crippen molar-refractivity contribution in [3.8, 4) is 0 Å². The molecule has 5 heteroatoms. The Balaban J connectivity index is 1.98. The van der Waals surface area contributed by atoms with Crippen LogP contribution in [-0.4, -0.2) is 46.2 Å². The van der Waals surface area contributed by atoms with Gasteiger partial charge in [-0.05, 0) is 37.5 Å². The Morgan fingerprint density at radius 3 is 2.70 bits per heavy atom. The van der Waals surface area contributed by atoms with Gasteiger partial charge in [-0.15, -0.1) is 0 Å². The van der Waals surface area contributed by atoms with Gasteiger partial charge in [0.2, 0.25) is 0 Å². The average Bonchev–Trinajstić information content (AvgIpc) is 2.93. The summed E-state index contributed by atoms with van der Waals surface area (Å²) in [4.78, 5) is 12.0. The summed E-state index contributed by atoms with van der Waals surface area (Å²) < 4.78 is 5.44. The lowest BCUT2D eigenvalue weighted by molar-refractivity contribution is -0.160. The van der Waals surface area contributed by atoms with Gasteiger partial charge >= 0.3 is 5.97 Å². The molecule has 3 aliphatic rings. The van der Waals surface area contributed by atoms with Crippen LogP contribution in [0.15, 0.2) is 12.2 Å². The van der Waals surface area contributed by atoms with Crippen molar-refractivity contribution >= 4 is 5.97 Å². The van der Waals surface area contributed by atoms with Gasteiger partial charge in [0.25, 0.3) is 0 Å². The Hall–Kier alpha value is -0.910. The fourth-order valence-electron chi connectivity index (χ4n) is 4.48. The lowest BCUT2D eigenvalue weighted by atomic mass is 9.76. The Morgan fingerprint density at radius 2 is 2.05 bits per heavy atom. The SMILES string of the molecule is C=C1CCC2C(OC(=O)C2(O)CO)C2C(CO)CCC12. The van der Waals surface area contributed by atoms with E-state index in [1.807, 2.05) is 0 Å². The topological polar surface area (TPSA) is 87.0 Å². The fraction of sp³-hybridized carbons (Fsp3) is 0.800. The fourth-order valence-corrected chi connectivity index (χ4v) is 4.48. The highest BCUT2D eigenvalue weighted by molar-refractivity contribution is 5.82. The van der Waals surface area contributed by atoms with E-state index >= 15 is 0 Å². The van der Waals surface area contributed by atoms with Crippen molar-refractivity contribution in [1.82, 2.24) is 0 Å². The molecule has 112 valence electrons. The number of carbonyl (C=O) groups excluding carboxylic acids is 1. The number of ether oxygens (including phenoxy) is 1. The molecule has 1 saturated heterocycles. The van der Waals surface area contributed by atoms with Crippen molar-refractivity contribution < 1.29 is 24.9 Å². The molecule has 0 aromatic rings. The molecule has 1 heterocycles. The molecule has 3 rings (SSSR count). The predicted molar refractivity (Wildman–Crippen MR) is 70.6 cm³/mol. The lowest BCUT2D eigenvalue weighted by Gasteiger charge is -2.31. The van der Waals surface area contributed by atoms with Crippen molar-refractivity contribution in [3.63, 3.8) is 0 Å². The van der Waals surface area contributed by atoms with Crippen molar-refractivity contribution in [1.29, 1.82) is 0 Å². The minimum Gasteiger partial charge on any atom is -0.459 e. The molecule has 0 aromatic heterocycles. The zero-order chi connectivity index (χ0) is 14.5. The first kappa shape index (κ1) is 14.0. The normalized spacial score (nSPS) is 47.6. The number of carbonyl (C=O) groups is 1. The first-order valence-electron chi connectivity index (χ1n) is 7.35. The standard InChI is InChI=1S/C15H22O5/c1-8-2-5-11-13(20-14(18)15(11,19)7-17)12-9(6-16)3-4-10(8)12/h9-13,16-17,19H,1-7H2. The molecular formula is C15H22O5. The maximum Gasteiger partial charge on any atom is 0.341 e. The maximum absolute atomic E-state index is 12.0. The van der Waals surface area contributed by atoms with Crippen LogP contribution >= 0.6 is 0 Å². The van der Waals surface area contributed by atoms with Crippen molar-refractivity contribution in [2.45, 2.75) is 37.4 Å². The second-order valence-electron chi connectivity index (χ2n) is 6.46. The van der Waals surface area contributed by atoms with E-state index in [0.717, 1.165) is 24.8 Å². The van der Waals surface area contributed by atoms with Gasteiger partial charge in [-0.2, -0.15) is 0 Å². The van der Waals surface area contributed by atoms with Gasteiger partial charge in [-0.3, -0.25) is 0 Å². The second kappa shape index (κ2) is 4.83. The summed E-state index contributed by atoms with van der Waals surface area (Å²) in [6.45, 7) is 3.59. The van der Waals surface area contributed by atoms with E-state index in [9.17, 15) is 20.1 Å². The lowest BCUT2D eigenvalue weighted by Crippen LogP contribution is -2.46. The van der Waals surface area contributed by atoms with E-state index in [-0.39, 0.29) is 24.4 Å². The van der Waals surface area contributed by atoms with Crippen LogP contribution in [0.5, 0.6) is 0 Å². The van der Waals surface area contributed by atoms with Crippen LogP contribution in [0.2, 0.25) is 0 Å². The zero-order valence-electron chi connectivity index (χ0n) is 11.5. The smallest absolute Gasteiger partial charge is 0.341 e. The Labute approximate surface area is 118 Å². The van der Waals surface area contributed by atoms with Crippen LogP contribution in [0.1, 0.15) is 25.7 Å². The van der Waals surface area contributed by atoms with Gasteiger partial charge in [-0.25, -0.2) is 4.79 Å². The summed E-state index contributed by atoms with van der Waals surface area (Å²) in [6.07, 6.45) is 2.76. The van der Waals surface area contributed by atoms with Gasteiger partial charge in [0.05, 0.1) is 6.61 Å². The van der Waals surface area contributed by atoms with Crippen molar-refractivity contribution in [2.24, 2.45) is 23.7 Å². The number of aliphatic hydroxyl groups excluding tert-OH is 2. The summed E-state index contributed by atoms with van der Waals surface area (Å²) in [5.41, 5.74) is -0.667. The molecule has 0 bridgehead atoms. The highest BCUT2D eigenvalue weighted by Crippen LogP contribution is 2.53. The van der Waals surface area contributed by atoms with E-state index in [2.05, 4.69) is 6.58 Å². The molecule has 6 atom stereocenters. The van der Waals surface area contributed by atoms with E-state index in [1.165, 1.54) is 0 Å². The van der Waals surface area contributed by atoms with Crippen LogP contribution in [0.4, 0.5) is 0 Å². The van der Waals surface area contributed by atoms with Gasteiger partial charge in [0, 0.05) is 18.4 Å². The molecule has 0 spiro atoms. The maximum atomic E-state index is 12.0. The summed E-state index contributed by atoms with van der Waals surface area (Å²) in [7, 11) is 0. The van der Waals surface area contributed by atoms with Crippen LogP contribution in [-0.2, 0) is 9.53 Å². The molecule has 2 aliphatic carbocycles. The van der Waals surface area contributed by atoms with Crippen LogP contribution < -0.4 is 0 Å². The number of esters is 1. The van der Waals surface area contributed by atoms with Gasteiger partial charge in [-0.1, -0.05) is 12.2 Å². The number of fused-ring (bicyclic) bond motifs is 3. The molecule has 6 unspecified atom stereocenters. The van der Waals surface area contributed by atoms with Gasteiger partial charge in [0.1, 0.15) is 6.10 Å². The summed E-state index contributed by atoms with van der Waals surface area (Å²) in [5, 5.41) is 29.4. The van der Waals surface area contributed by atoms with E-state index in [4.69, 9.17) is 4.74 Å². The number of rotatable bonds is 2. The highest BCUT2D eigenvalue weighted by atomic mass is 16.6. The van der Waals surface area contributed by atoms with E-state index < -0.39 is 30.2 Å². The van der Waals surface area contributed by atoms with Gasteiger partial charge < -0.3 is 20.1 Å². The molecule has 5 nitrogen and oxygen atoms in total. The Bertz CT molecular complexity index is 434. The zero-order valence-corrected chi connectivity index (χ0v) is 11.5. The first-order chi connectivity index (χ1) is 9.52. The van der Waals surface area contributed by atoms with E-state index in [1.54, 1.807) is 0 Å². The monoisotopic (exact) mass is 282 g/mol. The van der Waals surface area contributed by atoms with Crippen LogP contribution in [0.25, 0.3) is 0 Å². The number of hydrogen-bond acceptors (Lipinski definition) is 5. The molecule has 2 saturated carbocycles. The predicted octanol–water partition coefficient (Wildman–Crippen LogP) is 0.236. The Kier molecular flexibility index (Phi) is 3.39. The minimum absolute atomic E-state index is 0.0181. The Morgan fingerprint density at radius 1 is 1.30 bits per heavy atom. The summed E-state index contributed by atoms with van der Waals surface area (Å²) in [6, 6.07) is 0. The highest BCUT2D eigenvalue weighted by Gasteiger charge is 2.61. The first-order valence-corrected chi connectivity index (χ1v) is 7.35. The molecule has 0 amide bonds. The molecule has 0 radical (unpaired) electrons. The molecule has 3 fully saturated rings.